The zero-order valence-electron chi connectivity index (χ0n) is 10.4. The summed E-state index contributed by atoms with van der Waals surface area (Å²) in [6, 6.07) is 14.0. The summed E-state index contributed by atoms with van der Waals surface area (Å²) < 4.78 is 0.814. The average Bonchev–Trinajstić information content (AvgIpc) is 2.37. The first-order valence-corrected chi connectivity index (χ1v) is 6.46. The molecule has 0 spiro atoms. The standard InChI is InChI=1S/C15H14BrNO/c1-11-4-3-5-13(8-11)17(2)14-7-6-12(10-18)15(16)9-14/h3-10H,1-2H3. The van der Waals surface area contributed by atoms with Gasteiger partial charge in [0.1, 0.15) is 0 Å². The summed E-state index contributed by atoms with van der Waals surface area (Å²) in [5.74, 6) is 0. The lowest BCUT2D eigenvalue weighted by Crippen LogP contribution is -2.09. The summed E-state index contributed by atoms with van der Waals surface area (Å²) in [7, 11) is 2.01. The van der Waals surface area contributed by atoms with Crippen molar-refractivity contribution in [2.24, 2.45) is 0 Å². The van der Waals surface area contributed by atoms with Crippen LogP contribution >= 0.6 is 15.9 Å². The first-order chi connectivity index (χ1) is 8.61. The van der Waals surface area contributed by atoms with Crippen molar-refractivity contribution in [3.8, 4) is 0 Å². The van der Waals surface area contributed by atoms with Crippen LogP contribution in [-0.4, -0.2) is 13.3 Å². The molecule has 0 bridgehead atoms. The third-order valence-corrected chi connectivity index (χ3v) is 3.57. The number of carbonyl (C=O) groups is 1. The average molecular weight is 304 g/mol. The van der Waals surface area contributed by atoms with Gasteiger partial charge in [-0.1, -0.05) is 12.1 Å². The second-order valence-corrected chi connectivity index (χ2v) is 5.08. The molecule has 0 aromatic heterocycles. The maximum absolute atomic E-state index is 10.8. The van der Waals surface area contributed by atoms with Gasteiger partial charge in [0.05, 0.1) is 0 Å². The Hall–Kier alpha value is -1.61. The summed E-state index contributed by atoms with van der Waals surface area (Å²) >= 11 is 3.40. The van der Waals surface area contributed by atoms with Gasteiger partial charge < -0.3 is 4.90 Å². The Balaban J connectivity index is 2.37. The maximum atomic E-state index is 10.8. The van der Waals surface area contributed by atoms with Crippen molar-refractivity contribution in [1.82, 2.24) is 0 Å². The van der Waals surface area contributed by atoms with Crippen LogP contribution < -0.4 is 4.90 Å². The lowest BCUT2D eigenvalue weighted by atomic mass is 10.1. The van der Waals surface area contributed by atoms with E-state index in [1.807, 2.05) is 31.3 Å². The Morgan fingerprint density at radius 3 is 2.44 bits per heavy atom. The monoisotopic (exact) mass is 303 g/mol. The molecule has 0 saturated heterocycles. The van der Waals surface area contributed by atoms with Gasteiger partial charge in [-0.15, -0.1) is 0 Å². The first-order valence-electron chi connectivity index (χ1n) is 5.67. The van der Waals surface area contributed by atoms with E-state index in [-0.39, 0.29) is 0 Å². The topological polar surface area (TPSA) is 20.3 Å². The van der Waals surface area contributed by atoms with Crippen LogP contribution in [0.1, 0.15) is 15.9 Å². The zero-order chi connectivity index (χ0) is 13.1. The van der Waals surface area contributed by atoms with Crippen molar-refractivity contribution in [3.63, 3.8) is 0 Å². The molecule has 0 radical (unpaired) electrons. The molecular formula is C15H14BrNO. The van der Waals surface area contributed by atoms with Crippen molar-refractivity contribution in [3.05, 3.63) is 58.1 Å². The number of hydrogen-bond donors (Lipinski definition) is 0. The van der Waals surface area contributed by atoms with E-state index in [0.717, 1.165) is 22.1 Å². The molecule has 0 heterocycles. The van der Waals surface area contributed by atoms with E-state index in [9.17, 15) is 4.79 Å². The lowest BCUT2D eigenvalue weighted by Gasteiger charge is -2.20. The van der Waals surface area contributed by atoms with Crippen LogP contribution in [0.3, 0.4) is 0 Å². The minimum atomic E-state index is 0.663. The second-order valence-electron chi connectivity index (χ2n) is 4.22. The minimum Gasteiger partial charge on any atom is -0.345 e. The Labute approximate surface area is 115 Å². The molecule has 2 rings (SSSR count). The van der Waals surface area contributed by atoms with Gasteiger partial charge in [-0.3, -0.25) is 4.79 Å². The van der Waals surface area contributed by atoms with Crippen LogP contribution in [0, 0.1) is 6.92 Å². The highest BCUT2D eigenvalue weighted by Gasteiger charge is 2.06. The molecule has 0 saturated carbocycles. The number of rotatable bonds is 3. The van der Waals surface area contributed by atoms with E-state index < -0.39 is 0 Å². The molecular weight excluding hydrogens is 290 g/mol. The smallest absolute Gasteiger partial charge is 0.151 e. The Morgan fingerprint density at radius 2 is 1.83 bits per heavy atom. The largest absolute Gasteiger partial charge is 0.345 e. The summed E-state index contributed by atoms with van der Waals surface area (Å²) in [6.45, 7) is 2.07. The van der Waals surface area contributed by atoms with Gasteiger partial charge in [0.15, 0.2) is 6.29 Å². The normalized spacial score (nSPS) is 10.2. The summed E-state index contributed by atoms with van der Waals surface area (Å²) in [6.07, 6.45) is 0.848. The van der Waals surface area contributed by atoms with Crippen molar-refractivity contribution in [1.29, 1.82) is 0 Å². The molecule has 2 aromatic rings. The van der Waals surface area contributed by atoms with E-state index in [0.29, 0.717) is 5.56 Å². The molecule has 0 aliphatic carbocycles. The van der Waals surface area contributed by atoms with Crippen molar-refractivity contribution in [2.75, 3.05) is 11.9 Å². The quantitative estimate of drug-likeness (QED) is 0.786. The fourth-order valence-corrected chi connectivity index (χ4v) is 2.27. The van der Waals surface area contributed by atoms with E-state index in [2.05, 4.69) is 46.0 Å². The number of carbonyl (C=O) groups excluding carboxylic acids is 1. The van der Waals surface area contributed by atoms with Crippen molar-refractivity contribution >= 4 is 33.6 Å². The number of halogens is 1. The summed E-state index contributed by atoms with van der Waals surface area (Å²) in [5, 5.41) is 0. The van der Waals surface area contributed by atoms with Crippen LogP contribution in [0.5, 0.6) is 0 Å². The van der Waals surface area contributed by atoms with Crippen molar-refractivity contribution < 1.29 is 4.79 Å². The number of aldehydes is 1. The van der Waals surface area contributed by atoms with E-state index in [1.165, 1.54) is 5.56 Å². The third-order valence-electron chi connectivity index (χ3n) is 2.89. The number of aryl methyl sites for hydroxylation is 1. The highest BCUT2D eigenvalue weighted by atomic mass is 79.9. The lowest BCUT2D eigenvalue weighted by molar-refractivity contribution is 0.112. The van der Waals surface area contributed by atoms with Gasteiger partial charge >= 0.3 is 0 Å². The molecule has 18 heavy (non-hydrogen) atoms. The van der Waals surface area contributed by atoms with Gasteiger partial charge in [-0.05, 0) is 58.7 Å². The highest BCUT2D eigenvalue weighted by Crippen LogP contribution is 2.28. The van der Waals surface area contributed by atoms with E-state index in [1.54, 1.807) is 0 Å². The summed E-state index contributed by atoms with van der Waals surface area (Å²) in [5.41, 5.74) is 4.05. The van der Waals surface area contributed by atoms with Crippen molar-refractivity contribution in [2.45, 2.75) is 6.92 Å². The van der Waals surface area contributed by atoms with Gasteiger partial charge in [0.25, 0.3) is 0 Å². The molecule has 0 aliphatic heterocycles. The predicted molar refractivity (Wildman–Crippen MR) is 78.8 cm³/mol. The van der Waals surface area contributed by atoms with Gasteiger partial charge in [0, 0.05) is 28.5 Å². The summed E-state index contributed by atoms with van der Waals surface area (Å²) in [4.78, 5) is 12.9. The predicted octanol–water partition coefficient (Wildman–Crippen LogP) is 4.34. The fraction of sp³-hybridized carbons (Fsp3) is 0.133. The number of benzene rings is 2. The molecule has 0 N–H and O–H groups in total. The molecule has 3 heteroatoms. The second kappa shape index (κ2) is 5.36. The first kappa shape index (κ1) is 12.8. The maximum Gasteiger partial charge on any atom is 0.151 e. The number of nitrogens with zero attached hydrogens (tertiary/aromatic N) is 1. The third kappa shape index (κ3) is 2.62. The van der Waals surface area contributed by atoms with E-state index in [4.69, 9.17) is 0 Å². The molecule has 2 nitrogen and oxygen atoms in total. The van der Waals surface area contributed by atoms with Crippen LogP contribution in [0.4, 0.5) is 11.4 Å². The molecule has 0 unspecified atom stereocenters. The van der Waals surface area contributed by atoms with E-state index >= 15 is 0 Å². The van der Waals surface area contributed by atoms with Crippen LogP contribution in [0.25, 0.3) is 0 Å². The van der Waals surface area contributed by atoms with Crippen LogP contribution in [0.2, 0.25) is 0 Å². The number of hydrogen-bond acceptors (Lipinski definition) is 2. The molecule has 0 amide bonds. The van der Waals surface area contributed by atoms with Gasteiger partial charge in [-0.2, -0.15) is 0 Å². The molecule has 0 fully saturated rings. The minimum absolute atomic E-state index is 0.663. The van der Waals surface area contributed by atoms with Gasteiger partial charge in [-0.25, -0.2) is 0 Å². The van der Waals surface area contributed by atoms with Crippen LogP contribution in [-0.2, 0) is 0 Å². The molecule has 0 aliphatic rings. The SMILES string of the molecule is Cc1cccc(N(C)c2ccc(C=O)c(Br)c2)c1. The molecule has 0 atom stereocenters. The Kier molecular flexibility index (Phi) is 3.82. The zero-order valence-corrected chi connectivity index (χ0v) is 11.9. The Morgan fingerprint density at radius 1 is 1.11 bits per heavy atom. The molecule has 2 aromatic carbocycles. The number of anilines is 2. The van der Waals surface area contributed by atoms with Gasteiger partial charge in [0.2, 0.25) is 0 Å². The highest BCUT2D eigenvalue weighted by molar-refractivity contribution is 9.10. The Bertz CT molecular complexity index is 580. The van der Waals surface area contributed by atoms with Crippen LogP contribution in [0.15, 0.2) is 46.9 Å². The molecule has 92 valence electrons. The fourth-order valence-electron chi connectivity index (χ4n) is 1.81.